The molecule has 0 radical (unpaired) electrons. The van der Waals surface area contributed by atoms with Crippen LogP contribution >= 0.6 is 0 Å². The monoisotopic (exact) mass is 451 g/mol. The first-order valence-electron chi connectivity index (χ1n) is 10.7. The molecule has 2 aliphatic rings. The van der Waals surface area contributed by atoms with Crippen LogP contribution in [0.25, 0.3) is 0 Å². The van der Waals surface area contributed by atoms with Crippen LogP contribution in [0, 0.1) is 5.92 Å². The molecule has 4 atom stereocenters. The third-order valence-corrected chi connectivity index (χ3v) is 8.46. The number of amides is 1. The lowest BCUT2D eigenvalue weighted by atomic mass is 9.87. The van der Waals surface area contributed by atoms with Crippen molar-refractivity contribution < 1.29 is 22.0 Å². The van der Waals surface area contributed by atoms with Gasteiger partial charge in [-0.25, -0.2) is 17.2 Å². The second-order valence-electron chi connectivity index (χ2n) is 8.52. The minimum absolute atomic E-state index is 0.0869. The summed E-state index contributed by atoms with van der Waals surface area (Å²) in [7, 11) is -3.33. The molecule has 0 aliphatic heterocycles. The van der Waals surface area contributed by atoms with Gasteiger partial charge in [0.05, 0.1) is 16.1 Å². The number of anilines is 1. The Morgan fingerprint density at radius 1 is 1.16 bits per heavy atom. The minimum atomic E-state index is -3.33. The SMILES string of the molecule is CCn1ccc(NC(=O)C(CC2C[C@@H](F)[C@@H](F)C2)c2ccc(S(=O)(=O)C3CC3)cc2)n1. The first kappa shape index (κ1) is 21.9. The molecule has 1 amide bonds. The van der Waals surface area contributed by atoms with E-state index in [0.717, 1.165) is 0 Å². The topological polar surface area (TPSA) is 81.1 Å². The fraction of sp³-hybridized carbons (Fsp3) is 0.545. The first-order chi connectivity index (χ1) is 14.8. The highest BCUT2D eigenvalue weighted by molar-refractivity contribution is 7.92. The normalized spacial score (nSPS) is 24.8. The van der Waals surface area contributed by atoms with E-state index >= 15 is 0 Å². The Hall–Kier alpha value is -2.29. The number of sulfone groups is 1. The number of halogens is 2. The maximum absolute atomic E-state index is 13.7. The average Bonchev–Trinajstić information content (AvgIpc) is 3.45. The molecule has 2 unspecified atom stereocenters. The van der Waals surface area contributed by atoms with Gasteiger partial charge in [-0.1, -0.05) is 12.1 Å². The molecular formula is C22H27F2N3O3S. The smallest absolute Gasteiger partial charge is 0.233 e. The summed E-state index contributed by atoms with van der Waals surface area (Å²) in [6.45, 7) is 2.59. The van der Waals surface area contributed by atoms with Crippen molar-refractivity contribution in [2.75, 3.05) is 5.32 Å². The summed E-state index contributed by atoms with van der Waals surface area (Å²) >= 11 is 0. The largest absolute Gasteiger partial charge is 0.309 e. The molecule has 2 aromatic rings. The van der Waals surface area contributed by atoms with Gasteiger partial charge >= 0.3 is 0 Å². The molecule has 4 rings (SSSR count). The Labute approximate surface area is 180 Å². The number of carbonyl (C=O) groups excluding carboxylic acids is 1. The fourth-order valence-electron chi connectivity index (χ4n) is 4.23. The molecule has 0 bridgehead atoms. The van der Waals surface area contributed by atoms with Crippen molar-refractivity contribution in [2.24, 2.45) is 5.92 Å². The molecule has 2 fully saturated rings. The summed E-state index contributed by atoms with van der Waals surface area (Å²) in [6, 6.07) is 8.02. The number of carbonyl (C=O) groups is 1. The Kier molecular flexibility index (Phi) is 6.14. The van der Waals surface area contributed by atoms with E-state index in [1.807, 2.05) is 6.92 Å². The standard InChI is InChI=1S/C22H27F2N3O3S/c1-2-27-10-9-21(26-27)25-22(28)18(11-14-12-19(23)20(24)13-14)15-3-5-16(6-4-15)31(29,30)17-7-8-17/h3-6,9-10,14,17-20H,2,7-8,11-13H2,1H3,(H,25,26,28)/t14?,18?,19-,20+. The second-order valence-corrected chi connectivity index (χ2v) is 10.7. The molecule has 1 heterocycles. The summed E-state index contributed by atoms with van der Waals surface area (Å²) in [5, 5.41) is 6.73. The summed E-state index contributed by atoms with van der Waals surface area (Å²) < 4.78 is 54.0. The average molecular weight is 452 g/mol. The van der Waals surface area contributed by atoms with Gasteiger partial charge in [0.1, 0.15) is 12.3 Å². The molecule has 168 valence electrons. The van der Waals surface area contributed by atoms with Crippen LogP contribution in [0.1, 0.15) is 50.5 Å². The van der Waals surface area contributed by atoms with Gasteiger partial charge in [-0.15, -0.1) is 0 Å². The van der Waals surface area contributed by atoms with Gasteiger partial charge in [0.2, 0.25) is 5.91 Å². The number of hydrogen-bond donors (Lipinski definition) is 1. The molecule has 2 saturated carbocycles. The highest BCUT2D eigenvalue weighted by Gasteiger charge is 2.38. The predicted molar refractivity (Wildman–Crippen MR) is 113 cm³/mol. The van der Waals surface area contributed by atoms with Crippen molar-refractivity contribution in [3.05, 3.63) is 42.1 Å². The van der Waals surface area contributed by atoms with E-state index < -0.39 is 28.1 Å². The second kappa shape index (κ2) is 8.68. The maximum atomic E-state index is 13.7. The number of benzene rings is 1. The lowest BCUT2D eigenvalue weighted by Crippen LogP contribution is -2.24. The Bertz CT molecular complexity index is 1020. The Morgan fingerprint density at radius 2 is 1.81 bits per heavy atom. The fourth-order valence-corrected chi connectivity index (χ4v) is 5.88. The third kappa shape index (κ3) is 4.81. The molecule has 0 saturated heterocycles. The lowest BCUT2D eigenvalue weighted by Gasteiger charge is -2.20. The van der Waals surface area contributed by atoms with Gasteiger partial charge in [0.15, 0.2) is 15.7 Å². The van der Waals surface area contributed by atoms with Crippen LogP contribution < -0.4 is 5.32 Å². The highest BCUT2D eigenvalue weighted by atomic mass is 32.2. The van der Waals surface area contributed by atoms with Gasteiger partial charge in [-0.3, -0.25) is 9.48 Å². The van der Waals surface area contributed by atoms with Gasteiger partial charge in [-0.2, -0.15) is 5.10 Å². The van der Waals surface area contributed by atoms with Gasteiger partial charge in [0.25, 0.3) is 0 Å². The Morgan fingerprint density at radius 3 is 2.35 bits per heavy atom. The van der Waals surface area contributed by atoms with Gasteiger partial charge in [-0.05, 0) is 62.6 Å². The number of rotatable bonds is 8. The van der Waals surface area contributed by atoms with Crippen LogP contribution in [0.5, 0.6) is 0 Å². The number of alkyl halides is 2. The van der Waals surface area contributed by atoms with Gasteiger partial charge in [0, 0.05) is 18.8 Å². The molecule has 1 aromatic carbocycles. The van der Waals surface area contributed by atoms with Crippen LogP contribution in [0.4, 0.5) is 14.6 Å². The maximum Gasteiger partial charge on any atom is 0.233 e. The van der Waals surface area contributed by atoms with Gasteiger partial charge < -0.3 is 5.32 Å². The van der Waals surface area contributed by atoms with Crippen LogP contribution in [0.3, 0.4) is 0 Å². The van der Waals surface area contributed by atoms with Crippen LogP contribution in [0.15, 0.2) is 41.4 Å². The van der Waals surface area contributed by atoms with Crippen LogP contribution in [-0.4, -0.2) is 41.7 Å². The summed E-state index contributed by atoms with van der Waals surface area (Å²) in [5.74, 6) is -0.837. The molecule has 9 heteroatoms. The van der Waals surface area contributed by atoms with Crippen molar-refractivity contribution in [3.63, 3.8) is 0 Å². The van der Waals surface area contributed by atoms with Crippen LogP contribution in [-0.2, 0) is 21.2 Å². The number of nitrogens with zero attached hydrogens (tertiary/aromatic N) is 2. The van der Waals surface area contributed by atoms with E-state index in [1.165, 1.54) is 12.1 Å². The quantitative estimate of drug-likeness (QED) is 0.657. The molecule has 6 nitrogen and oxygen atoms in total. The molecule has 1 aromatic heterocycles. The number of hydrogen-bond acceptors (Lipinski definition) is 4. The van der Waals surface area contributed by atoms with Crippen molar-refractivity contribution in [1.82, 2.24) is 9.78 Å². The third-order valence-electron chi connectivity index (χ3n) is 6.19. The number of aromatic nitrogens is 2. The molecule has 1 N–H and O–H groups in total. The van der Waals surface area contributed by atoms with E-state index in [1.54, 1.807) is 29.1 Å². The van der Waals surface area contributed by atoms with Crippen molar-refractivity contribution in [3.8, 4) is 0 Å². The number of aryl methyl sites for hydroxylation is 1. The van der Waals surface area contributed by atoms with Crippen molar-refractivity contribution in [1.29, 1.82) is 0 Å². The van der Waals surface area contributed by atoms with Crippen molar-refractivity contribution in [2.45, 2.75) is 74.0 Å². The predicted octanol–water partition coefficient (Wildman–Crippen LogP) is 4.04. The summed E-state index contributed by atoms with van der Waals surface area (Å²) in [5.41, 5.74) is 0.625. The zero-order valence-electron chi connectivity index (χ0n) is 17.4. The van der Waals surface area contributed by atoms with Crippen LogP contribution in [0.2, 0.25) is 0 Å². The summed E-state index contributed by atoms with van der Waals surface area (Å²) in [4.78, 5) is 13.3. The Balaban J connectivity index is 1.56. The molecular weight excluding hydrogens is 424 g/mol. The zero-order valence-corrected chi connectivity index (χ0v) is 18.2. The highest BCUT2D eigenvalue weighted by Crippen LogP contribution is 2.39. The lowest BCUT2D eigenvalue weighted by molar-refractivity contribution is -0.118. The molecule has 0 spiro atoms. The van der Waals surface area contributed by atoms with E-state index in [9.17, 15) is 22.0 Å². The molecule has 31 heavy (non-hydrogen) atoms. The van der Waals surface area contributed by atoms with E-state index in [2.05, 4.69) is 10.4 Å². The van der Waals surface area contributed by atoms with E-state index in [4.69, 9.17) is 0 Å². The molecule has 2 aliphatic carbocycles. The summed E-state index contributed by atoms with van der Waals surface area (Å²) in [6.07, 6.45) is 0.565. The number of nitrogens with one attached hydrogen (secondary N) is 1. The minimum Gasteiger partial charge on any atom is -0.309 e. The zero-order chi connectivity index (χ0) is 22.2. The van der Waals surface area contributed by atoms with E-state index in [0.29, 0.717) is 30.8 Å². The first-order valence-corrected chi connectivity index (χ1v) is 12.3. The van der Waals surface area contributed by atoms with E-state index in [-0.39, 0.29) is 41.2 Å². The van der Waals surface area contributed by atoms with Crippen molar-refractivity contribution >= 4 is 21.6 Å².